The van der Waals surface area contributed by atoms with Crippen molar-refractivity contribution in [2.24, 2.45) is 0 Å². The van der Waals surface area contributed by atoms with Gasteiger partial charge in [0.2, 0.25) is 11.8 Å². The zero-order valence-corrected chi connectivity index (χ0v) is 13.9. The van der Waals surface area contributed by atoms with Crippen molar-refractivity contribution in [3.05, 3.63) is 47.7 Å². The van der Waals surface area contributed by atoms with E-state index in [-0.39, 0.29) is 5.92 Å². The standard InChI is InChI=1S/C18H25N3O2/c1-13(2)18-20-19-17(23-18)12-21-10-6-9-15(21)11-16(22)14-7-4-3-5-8-14/h3-5,7-8,13,15-16,22H,6,9-12H2,1-2H3/t15-,16-/m1/s1. The van der Waals surface area contributed by atoms with Crippen LogP contribution in [0.15, 0.2) is 34.7 Å². The first-order valence-corrected chi connectivity index (χ1v) is 8.43. The Kier molecular flexibility index (Phi) is 5.08. The normalized spacial score (nSPS) is 20.3. The molecule has 5 heteroatoms. The smallest absolute Gasteiger partial charge is 0.230 e. The molecule has 5 nitrogen and oxygen atoms in total. The van der Waals surface area contributed by atoms with E-state index in [0.717, 1.165) is 31.4 Å². The summed E-state index contributed by atoms with van der Waals surface area (Å²) in [5, 5.41) is 18.7. The maximum atomic E-state index is 10.5. The van der Waals surface area contributed by atoms with Crippen LogP contribution in [-0.4, -0.2) is 32.8 Å². The summed E-state index contributed by atoms with van der Waals surface area (Å²) in [7, 11) is 0. The Labute approximate surface area is 137 Å². The van der Waals surface area contributed by atoms with Crippen LogP contribution in [-0.2, 0) is 6.54 Å². The first-order chi connectivity index (χ1) is 11.1. The lowest BCUT2D eigenvalue weighted by Gasteiger charge is -2.25. The molecule has 0 radical (unpaired) electrons. The highest BCUT2D eigenvalue weighted by atomic mass is 16.4. The predicted molar refractivity (Wildman–Crippen MR) is 87.8 cm³/mol. The molecule has 0 amide bonds. The average Bonchev–Trinajstić information content (AvgIpc) is 3.19. The Hall–Kier alpha value is -1.72. The van der Waals surface area contributed by atoms with Crippen LogP contribution < -0.4 is 0 Å². The van der Waals surface area contributed by atoms with Crippen molar-refractivity contribution in [1.82, 2.24) is 15.1 Å². The second kappa shape index (κ2) is 7.23. The molecule has 0 unspecified atom stereocenters. The van der Waals surface area contributed by atoms with E-state index in [4.69, 9.17) is 4.42 Å². The highest BCUT2D eigenvalue weighted by Crippen LogP contribution is 2.28. The molecule has 23 heavy (non-hydrogen) atoms. The summed E-state index contributed by atoms with van der Waals surface area (Å²) in [5.74, 6) is 1.63. The molecule has 2 aromatic rings. The van der Waals surface area contributed by atoms with E-state index in [2.05, 4.69) is 15.1 Å². The van der Waals surface area contributed by atoms with E-state index in [1.54, 1.807) is 0 Å². The monoisotopic (exact) mass is 315 g/mol. The van der Waals surface area contributed by atoms with Gasteiger partial charge < -0.3 is 9.52 Å². The number of nitrogens with zero attached hydrogens (tertiary/aromatic N) is 3. The number of benzene rings is 1. The Morgan fingerprint density at radius 1 is 1.26 bits per heavy atom. The summed E-state index contributed by atoms with van der Waals surface area (Å²) in [6.07, 6.45) is 2.58. The third-order valence-corrected chi connectivity index (χ3v) is 4.49. The van der Waals surface area contributed by atoms with E-state index < -0.39 is 6.10 Å². The minimum Gasteiger partial charge on any atom is -0.424 e. The van der Waals surface area contributed by atoms with Crippen molar-refractivity contribution in [2.75, 3.05) is 6.54 Å². The van der Waals surface area contributed by atoms with Crippen molar-refractivity contribution in [3.63, 3.8) is 0 Å². The van der Waals surface area contributed by atoms with Gasteiger partial charge in [-0.1, -0.05) is 44.2 Å². The average molecular weight is 315 g/mol. The summed E-state index contributed by atoms with van der Waals surface area (Å²) < 4.78 is 5.72. The fourth-order valence-corrected chi connectivity index (χ4v) is 3.18. The summed E-state index contributed by atoms with van der Waals surface area (Å²) in [6, 6.07) is 10.2. The van der Waals surface area contributed by atoms with Gasteiger partial charge in [0.15, 0.2) is 0 Å². The topological polar surface area (TPSA) is 62.4 Å². The number of likely N-dealkylation sites (tertiary alicyclic amines) is 1. The number of aliphatic hydroxyl groups is 1. The van der Waals surface area contributed by atoms with Gasteiger partial charge in [-0.05, 0) is 31.4 Å². The molecule has 1 N–H and O–H groups in total. The summed E-state index contributed by atoms with van der Waals surface area (Å²) in [5.41, 5.74) is 0.985. The van der Waals surface area contributed by atoms with Gasteiger partial charge in [-0.25, -0.2) is 0 Å². The maximum Gasteiger partial charge on any atom is 0.230 e. The molecule has 0 spiro atoms. The van der Waals surface area contributed by atoms with Gasteiger partial charge in [0.25, 0.3) is 0 Å². The van der Waals surface area contributed by atoms with Crippen LogP contribution in [0.25, 0.3) is 0 Å². The fourth-order valence-electron chi connectivity index (χ4n) is 3.18. The molecule has 2 atom stereocenters. The molecule has 0 saturated carbocycles. The third-order valence-electron chi connectivity index (χ3n) is 4.49. The molecular weight excluding hydrogens is 290 g/mol. The first-order valence-electron chi connectivity index (χ1n) is 8.43. The van der Waals surface area contributed by atoms with E-state index in [1.807, 2.05) is 44.2 Å². The van der Waals surface area contributed by atoms with Crippen LogP contribution in [0.1, 0.15) is 62.5 Å². The largest absolute Gasteiger partial charge is 0.424 e. The molecule has 1 saturated heterocycles. The number of hydrogen-bond donors (Lipinski definition) is 1. The Morgan fingerprint density at radius 2 is 2.04 bits per heavy atom. The van der Waals surface area contributed by atoms with Crippen molar-refractivity contribution in [1.29, 1.82) is 0 Å². The van der Waals surface area contributed by atoms with Crippen molar-refractivity contribution in [2.45, 2.75) is 57.7 Å². The molecule has 1 aromatic heterocycles. The van der Waals surface area contributed by atoms with Crippen molar-refractivity contribution < 1.29 is 9.52 Å². The van der Waals surface area contributed by atoms with Crippen LogP contribution in [0.2, 0.25) is 0 Å². The Bertz CT molecular complexity index is 612. The molecule has 0 bridgehead atoms. The number of hydrogen-bond acceptors (Lipinski definition) is 5. The molecule has 2 heterocycles. The van der Waals surface area contributed by atoms with Crippen LogP contribution in [0.4, 0.5) is 0 Å². The molecule has 124 valence electrons. The Balaban J connectivity index is 1.61. The van der Waals surface area contributed by atoms with Gasteiger partial charge >= 0.3 is 0 Å². The highest BCUT2D eigenvalue weighted by Gasteiger charge is 2.28. The SMILES string of the molecule is CC(C)c1nnc(CN2CCC[C@@H]2C[C@@H](O)c2ccccc2)o1. The van der Waals surface area contributed by atoms with Gasteiger partial charge in [-0.15, -0.1) is 10.2 Å². The van der Waals surface area contributed by atoms with Crippen LogP contribution in [0, 0.1) is 0 Å². The molecule has 1 fully saturated rings. The predicted octanol–water partition coefficient (Wildman–Crippen LogP) is 3.28. The number of aromatic nitrogens is 2. The first kappa shape index (κ1) is 16.1. The van der Waals surface area contributed by atoms with Gasteiger partial charge in [-0.3, -0.25) is 4.90 Å². The van der Waals surface area contributed by atoms with Crippen LogP contribution in [0.3, 0.4) is 0 Å². The molecule has 1 aliphatic rings. The van der Waals surface area contributed by atoms with Crippen LogP contribution in [0.5, 0.6) is 0 Å². The fraction of sp³-hybridized carbons (Fsp3) is 0.556. The lowest BCUT2D eigenvalue weighted by atomic mass is 10.0. The summed E-state index contributed by atoms with van der Waals surface area (Å²) >= 11 is 0. The van der Waals surface area contributed by atoms with Gasteiger partial charge in [0, 0.05) is 12.0 Å². The minimum atomic E-state index is -0.421. The molecule has 3 rings (SSSR count). The van der Waals surface area contributed by atoms with E-state index in [9.17, 15) is 5.11 Å². The van der Waals surface area contributed by atoms with Gasteiger partial charge in [-0.2, -0.15) is 0 Å². The highest BCUT2D eigenvalue weighted by molar-refractivity contribution is 5.17. The van der Waals surface area contributed by atoms with Crippen molar-refractivity contribution in [3.8, 4) is 0 Å². The van der Waals surface area contributed by atoms with E-state index in [1.165, 1.54) is 0 Å². The maximum absolute atomic E-state index is 10.5. The Morgan fingerprint density at radius 3 is 2.74 bits per heavy atom. The van der Waals surface area contributed by atoms with Gasteiger partial charge in [0.1, 0.15) is 0 Å². The molecular formula is C18H25N3O2. The number of rotatable bonds is 6. The quantitative estimate of drug-likeness (QED) is 0.886. The second-order valence-corrected chi connectivity index (χ2v) is 6.62. The lowest BCUT2D eigenvalue weighted by Crippen LogP contribution is -2.30. The lowest BCUT2D eigenvalue weighted by molar-refractivity contribution is 0.113. The zero-order chi connectivity index (χ0) is 16.2. The molecule has 1 aliphatic heterocycles. The van der Waals surface area contributed by atoms with E-state index in [0.29, 0.717) is 24.4 Å². The third kappa shape index (κ3) is 3.98. The number of aliphatic hydroxyl groups excluding tert-OH is 1. The minimum absolute atomic E-state index is 0.255. The van der Waals surface area contributed by atoms with E-state index >= 15 is 0 Å². The molecule has 1 aromatic carbocycles. The van der Waals surface area contributed by atoms with Crippen molar-refractivity contribution >= 4 is 0 Å². The van der Waals surface area contributed by atoms with Crippen LogP contribution >= 0.6 is 0 Å². The molecule has 0 aliphatic carbocycles. The summed E-state index contributed by atoms with van der Waals surface area (Å²) in [6.45, 7) is 5.79. The second-order valence-electron chi connectivity index (χ2n) is 6.62. The summed E-state index contributed by atoms with van der Waals surface area (Å²) in [4.78, 5) is 2.35. The zero-order valence-electron chi connectivity index (χ0n) is 13.9. The van der Waals surface area contributed by atoms with Gasteiger partial charge in [0.05, 0.1) is 12.6 Å².